The lowest BCUT2D eigenvalue weighted by molar-refractivity contribution is 0.0185. The smallest absolute Gasteiger partial charge is 0.410 e. The summed E-state index contributed by atoms with van der Waals surface area (Å²) in [4.78, 5) is 60.9. The van der Waals surface area contributed by atoms with Crippen LogP contribution >= 0.6 is 23.2 Å². The molecule has 2 fully saturated rings. The Bertz CT molecular complexity index is 3590. The van der Waals surface area contributed by atoms with Crippen LogP contribution in [0.1, 0.15) is 67.2 Å². The number of hydrogen-bond donors (Lipinski definition) is 3. The van der Waals surface area contributed by atoms with E-state index in [0.29, 0.717) is 99.3 Å². The molecule has 432 valence electrons. The van der Waals surface area contributed by atoms with Crippen LogP contribution in [0.3, 0.4) is 0 Å². The number of ether oxygens (including phenoxy) is 3. The standard InChI is InChI=1S/C31H42ClN7O4Si.C26H34ClN7O2Si/c1-31(2,3)43-30(41)38-12-8-9-21(17-38)34-29(40)23-18-39(19-42-13-14-44(5,6)7)28-27(23)35-24(16-33-28)26-22-11-10-20(32)15-25(22)37(4)36-26;1-33-22-12-17(27)7-8-19(22)23(32-33)21-14-29-25-24(31-21)20(26(35)30-18-6-5-9-28-13-18)15-34(25)16-36-10-11-37(2,3)4/h10-11,15-16,18,21H,8-9,12-14,17,19H2,1-7H3,(H,34,40);7-8,12,14-15,18,28H,5-6,9-11,13,16H2,1-4H3,(H,30,35)/t21-;18-/m11/s1. The van der Waals surface area contributed by atoms with Gasteiger partial charge < -0.3 is 44.2 Å². The molecule has 81 heavy (non-hydrogen) atoms. The molecule has 2 aliphatic heterocycles. The maximum absolute atomic E-state index is 13.8. The van der Waals surface area contributed by atoms with Gasteiger partial charge in [-0.25, -0.2) is 24.7 Å². The van der Waals surface area contributed by atoms with E-state index in [-0.39, 0.29) is 36.7 Å². The van der Waals surface area contributed by atoms with E-state index in [0.717, 1.165) is 72.7 Å². The number of fused-ring (bicyclic) bond motifs is 4. The molecule has 0 spiro atoms. The van der Waals surface area contributed by atoms with Crippen LogP contribution in [-0.4, -0.2) is 145 Å². The lowest BCUT2D eigenvalue weighted by atomic mass is 10.1. The third kappa shape index (κ3) is 14.7. The largest absolute Gasteiger partial charge is 0.444 e. The van der Waals surface area contributed by atoms with Crippen molar-refractivity contribution in [2.75, 3.05) is 39.4 Å². The number of benzene rings is 2. The average molecular weight is 1180 g/mol. The van der Waals surface area contributed by atoms with Gasteiger partial charge in [0, 0.05) is 108 Å². The van der Waals surface area contributed by atoms with Crippen molar-refractivity contribution in [1.29, 1.82) is 0 Å². The first kappa shape index (κ1) is 59.3. The van der Waals surface area contributed by atoms with Gasteiger partial charge in [0.2, 0.25) is 0 Å². The molecule has 0 bridgehead atoms. The molecule has 3 amide bonds. The molecule has 8 aromatic rings. The second kappa shape index (κ2) is 24.7. The number of halogens is 2. The summed E-state index contributed by atoms with van der Waals surface area (Å²) < 4.78 is 24.8. The van der Waals surface area contributed by atoms with E-state index in [4.69, 9.17) is 62.4 Å². The second-order valence-corrected chi connectivity index (χ2v) is 36.7. The number of likely N-dealkylation sites (tertiary alicyclic amines) is 1. The maximum Gasteiger partial charge on any atom is 0.410 e. The first-order chi connectivity index (χ1) is 38.4. The number of carbonyl (C=O) groups is 3. The van der Waals surface area contributed by atoms with Crippen molar-refractivity contribution in [3.63, 3.8) is 0 Å². The first-order valence-electron chi connectivity index (χ1n) is 27.8. The molecule has 0 saturated carbocycles. The van der Waals surface area contributed by atoms with Gasteiger partial charge in [-0.05, 0) is 101 Å². The fourth-order valence-corrected chi connectivity index (χ4v) is 11.7. The molecule has 2 atom stereocenters. The molecule has 3 N–H and O–H groups in total. The van der Waals surface area contributed by atoms with E-state index in [1.54, 1.807) is 32.9 Å². The summed E-state index contributed by atoms with van der Waals surface area (Å²) >= 11 is 12.4. The van der Waals surface area contributed by atoms with Gasteiger partial charge in [0.05, 0.1) is 34.6 Å². The number of rotatable bonds is 16. The van der Waals surface area contributed by atoms with E-state index >= 15 is 0 Å². The van der Waals surface area contributed by atoms with Gasteiger partial charge in [-0.15, -0.1) is 0 Å². The minimum Gasteiger partial charge on any atom is -0.444 e. The van der Waals surface area contributed by atoms with Crippen molar-refractivity contribution >= 4 is 101 Å². The van der Waals surface area contributed by atoms with Crippen LogP contribution in [0.4, 0.5) is 4.79 Å². The Morgan fingerprint density at radius 2 is 1.19 bits per heavy atom. The predicted molar refractivity (Wildman–Crippen MR) is 324 cm³/mol. The number of aromatic nitrogens is 10. The summed E-state index contributed by atoms with van der Waals surface area (Å²) in [5.74, 6) is -0.431. The summed E-state index contributed by atoms with van der Waals surface area (Å²) in [6, 6.07) is 13.2. The topological polar surface area (TPSA) is 215 Å². The van der Waals surface area contributed by atoms with Crippen molar-refractivity contribution in [1.82, 2.24) is 69.5 Å². The van der Waals surface area contributed by atoms with Gasteiger partial charge in [-0.3, -0.25) is 19.0 Å². The number of carbonyl (C=O) groups excluding carboxylic acids is 3. The first-order valence-corrected chi connectivity index (χ1v) is 36.0. The highest BCUT2D eigenvalue weighted by molar-refractivity contribution is 6.76. The van der Waals surface area contributed by atoms with Crippen molar-refractivity contribution in [3.8, 4) is 22.8 Å². The predicted octanol–water partition coefficient (Wildman–Crippen LogP) is 10.5. The number of aryl methyl sites for hydroxylation is 2. The molecule has 10 rings (SSSR count). The highest BCUT2D eigenvalue weighted by Gasteiger charge is 2.31. The molecule has 0 unspecified atom stereocenters. The molecular formula is C57H76Cl2N14O6Si2. The zero-order valence-corrected chi connectivity index (χ0v) is 52.0. The Kier molecular flexibility index (Phi) is 18.1. The highest BCUT2D eigenvalue weighted by atomic mass is 35.5. The quantitative estimate of drug-likeness (QED) is 0.0607. The van der Waals surface area contributed by atoms with E-state index in [9.17, 15) is 14.4 Å². The molecule has 8 heterocycles. The van der Waals surface area contributed by atoms with Gasteiger partial charge in [0.25, 0.3) is 11.8 Å². The summed E-state index contributed by atoms with van der Waals surface area (Å²) in [6.07, 6.45) is 10.1. The normalized spacial score (nSPS) is 16.3. The van der Waals surface area contributed by atoms with E-state index < -0.39 is 21.7 Å². The molecule has 20 nitrogen and oxygen atoms in total. The fourth-order valence-electron chi connectivity index (χ4n) is 9.87. The number of piperidine rings is 2. The highest BCUT2D eigenvalue weighted by Crippen LogP contribution is 2.32. The lowest BCUT2D eigenvalue weighted by Gasteiger charge is -2.34. The number of nitrogens with one attached hydrogen (secondary N) is 3. The van der Waals surface area contributed by atoms with Crippen molar-refractivity contribution < 1.29 is 28.6 Å². The number of nitrogens with zero attached hydrogens (tertiary/aromatic N) is 11. The molecular weight excluding hydrogens is 1100 g/mol. The van der Waals surface area contributed by atoms with Crippen LogP contribution in [0.15, 0.2) is 61.2 Å². The Labute approximate surface area is 484 Å². The van der Waals surface area contributed by atoms with Gasteiger partial charge in [0.15, 0.2) is 11.3 Å². The third-order valence-corrected chi connectivity index (χ3v) is 18.1. The zero-order valence-electron chi connectivity index (χ0n) is 48.5. The molecule has 2 aliphatic rings. The van der Waals surface area contributed by atoms with Crippen LogP contribution in [-0.2, 0) is 41.8 Å². The molecule has 0 aliphatic carbocycles. The van der Waals surface area contributed by atoms with Gasteiger partial charge >= 0.3 is 6.09 Å². The summed E-state index contributed by atoms with van der Waals surface area (Å²) in [5, 5.41) is 22.1. The maximum atomic E-state index is 13.8. The van der Waals surface area contributed by atoms with Crippen LogP contribution in [0.5, 0.6) is 0 Å². The molecule has 24 heteroatoms. The molecule has 2 aromatic carbocycles. The number of amides is 3. The number of hydrogen-bond acceptors (Lipinski definition) is 13. The fraction of sp³-hybridized carbons (Fsp3) is 0.491. The van der Waals surface area contributed by atoms with Crippen molar-refractivity contribution in [3.05, 3.63) is 82.4 Å². The Morgan fingerprint density at radius 3 is 1.64 bits per heavy atom. The second-order valence-electron chi connectivity index (χ2n) is 24.6. The van der Waals surface area contributed by atoms with E-state index in [2.05, 4.69) is 60.3 Å². The SMILES string of the molecule is Cn1nc(-c2cnc3c(n2)c(C(=O)N[C@@H]2CCCN(C(=O)OC(C)(C)C)C2)cn3COCC[Si](C)(C)C)c2ccc(Cl)cc21.Cn1nc(-c2cnc3c(n2)c(C(=O)N[C@@H]2CCCNC2)cn3COCC[Si](C)(C)C)c2ccc(Cl)cc21. The van der Waals surface area contributed by atoms with Crippen LogP contribution in [0.25, 0.3) is 66.9 Å². The minimum absolute atomic E-state index is 0.0910. The van der Waals surface area contributed by atoms with Gasteiger partial charge in [-0.2, -0.15) is 10.2 Å². The van der Waals surface area contributed by atoms with E-state index in [1.807, 2.05) is 86.6 Å². The third-order valence-electron chi connectivity index (χ3n) is 14.2. The van der Waals surface area contributed by atoms with Gasteiger partial charge in [-0.1, -0.05) is 62.5 Å². The van der Waals surface area contributed by atoms with Crippen LogP contribution in [0.2, 0.25) is 61.4 Å². The Hall–Kier alpha value is -6.28. The van der Waals surface area contributed by atoms with Crippen LogP contribution < -0.4 is 16.0 Å². The minimum atomic E-state index is -1.26. The van der Waals surface area contributed by atoms with Gasteiger partial charge in [0.1, 0.15) is 52.9 Å². The van der Waals surface area contributed by atoms with E-state index in [1.165, 1.54) is 0 Å². The average Bonchev–Trinajstić information content (AvgIpc) is 4.16. The van der Waals surface area contributed by atoms with Crippen molar-refractivity contribution in [2.45, 2.75) is 129 Å². The summed E-state index contributed by atoms with van der Waals surface area (Å²) in [6.45, 7) is 24.0. The van der Waals surface area contributed by atoms with Crippen LogP contribution in [0, 0.1) is 0 Å². The van der Waals surface area contributed by atoms with Crippen molar-refractivity contribution in [2.24, 2.45) is 14.1 Å². The Balaban J connectivity index is 0.000000198. The molecule has 0 radical (unpaired) electrons. The zero-order chi connectivity index (χ0) is 58.0. The lowest BCUT2D eigenvalue weighted by Crippen LogP contribution is -2.50. The molecule has 6 aromatic heterocycles. The Morgan fingerprint density at radius 1 is 0.704 bits per heavy atom. The molecule has 2 saturated heterocycles. The summed E-state index contributed by atoms with van der Waals surface area (Å²) in [7, 11) is 1.26. The monoisotopic (exact) mass is 1180 g/mol. The summed E-state index contributed by atoms with van der Waals surface area (Å²) in [5.41, 5.74) is 6.74.